The summed E-state index contributed by atoms with van der Waals surface area (Å²) >= 11 is 0. The first-order valence-electron chi connectivity index (χ1n) is 7.54. The number of fused-ring (bicyclic) bond motifs is 1. The lowest BCUT2D eigenvalue weighted by molar-refractivity contribution is 0.0940. The third kappa shape index (κ3) is 2.19. The fourth-order valence-electron chi connectivity index (χ4n) is 3.20. The van der Waals surface area contributed by atoms with Gasteiger partial charge in [-0.2, -0.15) is 5.10 Å². The molecule has 4 rings (SSSR count). The first kappa shape index (κ1) is 11.9. The Hall–Kier alpha value is -1.84. The number of benzene rings is 1. The number of aromatic nitrogens is 2. The second-order valence-electron chi connectivity index (χ2n) is 6.17. The molecule has 2 saturated carbocycles. The first-order valence-corrected chi connectivity index (χ1v) is 7.54. The Morgan fingerprint density at radius 3 is 2.65 bits per heavy atom. The van der Waals surface area contributed by atoms with Crippen LogP contribution in [0.4, 0.5) is 0 Å². The Labute approximate surface area is 117 Å². The van der Waals surface area contributed by atoms with Crippen LogP contribution in [-0.2, 0) is 0 Å². The molecule has 2 fully saturated rings. The number of nitrogens with one attached hydrogen (secondary N) is 2. The van der Waals surface area contributed by atoms with E-state index in [1.54, 1.807) is 0 Å². The number of hydrogen-bond donors (Lipinski definition) is 2. The zero-order chi connectivity index (χ0) is 13.5. The van der Waals surface area contributed by atoms with E-state index in [9.17, 15) is 4.79 Å². The monoisotopic (exact) mass is 269 g/mol. The number of hydrogen-bond acceptors (Lipinski definition) is 2. The van der Waals surface area contributed by atoms with Gasteiger partial charge >= 0.3 is 0 Å². The summed E-state index contributed by atoms with van der Waals surface area (Å²) in [5.41, 5.74) is 1.43. The van der Waals surface area contributed by atoms with Crippen molar-refractivity contribution in [1.29, 1.82) is 0 Å². The molecule has 20 heavy (non-hydrogen) atoms. The van der Waals surface area contributed by atoms with E-state index in [1.165, 1.54) is 25.7 Å². The summed E-state index contributed by atoms with van der Waals surface area (Å²) in [6, 6.07) is 7.76. The number of nitrogens with zero attached hydrogens (tertiary/aromatic N) is 1. The van der Waals surface area contributed by atoms with Crippen molar-refractivity contribution in [3.8, 4) is 0 Å². The van der Waals surface area contributed by atoms with Gasteiger partial charge in [0.25, 0.3) is 5.91 Å². The molecular weight excluding hydrogens is 250 g/mol. The molecule has 0 bridgehead atoms. The number of amides is 1. The van der Waals surface area contributed by atoms with Gasteiger partial charge < -0.3 is 5.32 Å². The van der Waals surface area contributed by atoms with Gasteiger partial charge in [0.2, 0.25) is 0 Å². The molecule has 0 radical (unpaired) electrons. The van der Waals surface area contributed by atoms with Crippen LogP contribution >= 0.6 is 0 Å². The minimum atomic E-state index is -0.0475. The van der Waals surface area contributed by atoms with Crippen LogP contribution in [0.2, 0.25) is 0 Å². The molecule has 4 nitrogen and oxygen atoms in total. The largest absolute Gasteiger partial charge is 0.350 e. The molecule has 0 atom stereocenters. The number of para-hydroxylation sites is 1. The van der Waals surface area contributed by atoms with Crippen molar-refractivity contribution >= 4 is 16.8 Å². The van der Waals surface area contributed by atoms with Crippen LogP contribution in [0.5, 0.6) is 0 Å². The molecule has 2 aromatic rings. The summed E-state index contributed by atoms with van der Waals surface area (Å²) in [5, 5.41) is 11.1. The van der Waals surface area contributed by atoms with Crippen LogP contribution < -0.4 is 5.32 Å². The van der Waals surface area contributed by atoms with Crippen molar-refractivity contribution in [2.75, 3.05) is 6.54 Å². The predicted octanol–water partition coefficient (Wildman–Crippen LogP) is 2.73. The maximum Gasteiger partial charge on any atom is 0.272 e. The lowest BCUT2D eigenvalue weighted by Crippen LogP contribution is -2.31. The average molecular weight is 269 g/mol. The second kappa shape index (κ2) is 4.62. The zero-order valence-electron chi connectivity index (χ0n) is 11.4. The van der Waals surface area contributed by atoms with Gasteiger partial charge in [0.05, 0.1) is 5.52 Å². The van der Waals surface area contributed by atoms with Gasteiger partial charge in [-0.15, -0.1) is 0 Å². The highest BCUT2D eigenvalue weighted by atomic mass is 16.1. The summed E-state index contributed by atoms with van der Waals surface area (Å²) in [6.45, 7) is 0.815. The van der Waals surface area contributed by atoms with Gasteiger partial charge in [-0.25, -0.2) is 0 Å². The van der Waals surface area contributed by atoms with Crippen LogP contribution in [0.3, 0.4) is 0 Å². The van der Waals surface area contributed by atoms with Crippen molar-refractivity contribution in [2.45, 2.75) is 25.7 Å². The van der Waals surface area contributed by atoms with Crippen LogP contribution in [-0.4, -0.2) is 22.6 Å². The lowest BCUT2D eigenvalue weighted by Gasteiger charge is -2.15. The Kier molecular flexibility index (Phi) is 2.76. The molecule has 0 unspecified atom stereocenters. The van der Waals surface area contributed by atoms with Gasteiger partial charge in [0, 0.05) is 11.9 Å². The zero-order valence-corrected chi connectivity index (χ0v) is 11.4. The lowest BCUT2D eigenvalue weighted by atomic mass is 9.98. The molecule has 1 aromatic carbocycles. The molecule has 4 heteroatoms. The first-order chi connectivity index (χ1) is 9.83. The van der Waals surface area contributed by atoms with Crippen LogP contribution in [0.15, 0.2) is 24.3 Å². The number of H-pyrrole nitrogens is 1. The van der Waals surface area contributed by atoms with Gasteiger partial charge in [-0.3, -0.25) is 9.89 Å². The minimum absolute atomic E-state index is 0.0475. The summed E-state index contributed by atoms with van der Waals surface area (Å²) < 4.78 is 0. The highest BCUT2D eigenvalue weighted by molar-refractivity contribution is 6.04. The normalized spacial score (nSPS) is 18.6. The Balaban J connectivity index is 1.47. The van der Waals surface area contributed by atoms with Crippen LogP contribution in [0.1, 0.15) is 36.2 Å². The SMILES string of the molecule is O=C(NCC(C1CC1)C1CC1)c1n[nH]c2ccccc12. The Morgan fingerprint density at radius 1 is 1.25 bits per heavy atom. The van der Waals surface area contributed by atoms with E-state index in [4.69, 9.17) is 0 Å². The number of carbonyl (C=O) groups excluding carboxylic acids is 1. The van der Waals surface area contributed by atoms with Crippen LogP contribution in [0, 0.1) is 17.8 Å². The van der Waals surface area contributed by atoms with Crippen LogP contribution in [0.25, 0.3) is 10.9 Å². The second-order valence-corrected chi connectivity index (χ2v) is 6.17. The van der Waals surface area contributed by atoms with Gasteiger partial charge in [-0.05, 0) is 49.5 Å². The van der Waals surface area contributed by atoms with E-state index in [0.717, 1.165) is 29.3 Å². The smallest absolute Gasteiger partial charge is 0.272 e. The molecule has 0 spiro atoms. The standard InChI is InChI=1S/C16H19N3O/c20-16(15-12-3-1-2-4-14(12)18-19-15)17-9-13(10-5-6-10)11-7-8-11/h1-4,10-11,13H,5-9H2,(H,17,20)(H,18,19). The predicted molar refractivity (Wildman–Crippen MR) is 77.4 cm³/mol. The molecule has 0 saturated heterocycles. The molecule has 1 amide bonds. The maximum absolute atomic E-state index is 12.3. The Morgan fingerprint density at radius 2 is 1.95 bits per heavy atom. The van der Waals surface area contributed by atoms with Crippen molar-refractivity contribution < 1.29 is 4.79 Å². The molecule has 2 aliphatic rings. The quantitative estimate of drug-likeness (QED) is 0.877. The summed E-state index contributed by atoms with van der Waals surface area (Å²) in [5.74, 6) is 2.37. The van der Waals surface area contributed by atoms with Crippen molar-refractivity contribution in [1.82, 2.24) is 15.5 Å². The number of carbonyl (C=O) groups is 1. The number of aromatic amines is 1. The van der Waals surface area contributed by atoms with E-state index in [-0.39, 0.29) is 5.91 Å². The maximum atomic E-state index is 12.3. The van der Waals surface area contributed by atoms with E-state index in [2.05, 4.69) is 15.5 Å². The van der Waals surface area contributed by atoms with E-state index < -0.39 is 0 Å². The minimum Gasteiger partial charge on any atom is -0.350 e. The summed E-state index contributed by atoms with van der Waals surface area (Å²) in [4.78, 5) is 12.3. The highest BCUT2D eigenvalue weighted by Crippen LogP contribution is 2.48. The molecule has 1 heterocycles. The molecule has 104 valence electrons. The molecule has 0 aliphatic heterocycles. The van der Waals surface area contributed by atoms with Crippen molar-refractivity contribution in [3.05, 3.63) is 30.0 Å². The Bertz CT molecular complexity index is 628. The molecular formula is C16H19N3O. The topological polar surface area (TPSA) is 57.8 Å². The third-order valence-corrected chi connectivity index (χ3v) is 4.64. The fraction of sp³-hybridized carbons (Fsp3) is 0.500. The van der Waals surface area contributed by atoms with Gasteiger partial charge in [0.15, 0.2) is 5.69 Å². The van der Waals surface area contributed by atoms with E-state index in [1.807, 2.05) is 24.3 Å². The highest BCUT2D eigenvalue weighted by Gasteiger charge is 2.41. The number of rotatable bonds is 5. The molecule has 2 aliphatic carbocycles. The fourth-order valence-corrected chi connectivity index (χ4v) is 3.20. The molecule has 1 aromatic heterocycles. The van der Waals surface area contributed by atoms with Crippen molar-refractivity contribution in [3.63, 3.8) is 0 Å². The average Bonchev–Trinajstić information content (AvgIpc) is 3.38. The summed E-state index contributed by atoms with van der Waals surface area (Å²) in [7, 11) is 0. The third-order valence-electron chi connectivity index (χ3n) is 4.64. The molecule has 2 N–H and O–H groups in total. The van der Waals surface area contributed by atoms with E-state index in [0.29, 0.717) is 11.6 Å². The summed E-state index contributed by atoms with van der Waals surface area (Å²) in [6.07, 6.45) is 5.40. The van der Waals surface area contributed by atoms with E-state index >= 15 is 0 Å². The van der Waals surface area contributed by atoms with Crippen molar-refractivity contribution in [2.24, 2.45) is 17.8 Å². The van der Waals surface area contributed by atoms with Gasteiger partial charge in [0.1, 0.15) is 0 Å². The van der Waals surface area contributed by atoms with Gasteiger partial charge in [-0.1, -0.05) is 18.2 Å².